The highest BCUT2D eigenvalue weighted by molar-refractivity contribution is 6.05. The molecule has 4 heteroatoms. The van der Waals surface area contributed by atoms with E-state index in [2.05, 4.69) is 31.4 Å². The lowest BCUT2D eigenvalue weighted by Gasteiger charge is -2.19. The van der Waals surface area contributed by atoms with Gasteiger partial charge in [-0.1, -0.05) is 81.4 Å². The quantitative estimate of drug-likeness (QED) is 0.372. The van der Waals surface area contributed by atoms with Crippen LogP contribution in [-0.2, 0) is 16.6 Å². The molecule has 0 aliphatic rings. The predicted octanol–water partition coefficient (Wildman–Crippen LogP) is 6.57. The van der Waals surface area contributed by atoms with E-state index in [1.807, 2.05) is 84.9 Å². The first-order valence-corrected chi connectivity index (χ1v) is 11.1. The highest BCUT2D eigenvalue weighted by Crippen LogP contribution is 2.23. The molecule has 0 fully saturated rings. The van der Waals surface area contributed by atoms with Gasteiger partial charge in [0.1, 0.15) is 0 Å². The van der Waals surface area contributed by atoms with Crippen molar-refractivity contribution in [2.45, 2.75) is 32.6 Å². The first kappa shape index (κ1) is 22.3. The average molecular weight is 437 g/mol. The summed E-state index contributed by atoms with van der Waals surface area (Å²) in [6.07, 6.45) is 0.276. The second-order valence-corrected chi connectivity index (χ2v) is 9.23. The molecule has 0 aliphatic carbocycles. The minimum Gasteiger partial charge on any atom is -0.326 e. The molecule has 0 saturated carbocycles. The van der Waals surface area contributed by atoms with E-state index in [-0.39, 0.29) is 23.7 Å². The monoisotopic (exact) mass is 436 g/mol. The molecule has 4 aromatic rings. The molecule has 0 radical (unpaired) electrons. The van der Waals surface area contributed by atoms with Crippen molar-refractivity contribution in [1.82, 2.24) is 0 Å². The van der Waals surface area contributed by atoms with Gasteiger partial charge in [-0.3, -0.25) is 9.59 Å². The number of nitrogens with one attached hydrogen (secondary N) is 2. The highest BCUT2D eigenvalue weighted by atomic mass is 16.2. The topological polar surface area (TPSA) is 58.2 Å². The summed E-state index contributed by atoms with van der Waals surface area (Å²) in [4.78, 5) is 25.4. The Labute approximate surface area is 194 Å². The van der Waals surface area contributed by atoms with E-state index in [4.69, 9.17) is 0 Å². The highest BCUT2D eigenvalue weighted by Gasteiger charge is 2.14. The van der Waals surface area contributed by atoms with E-state index in [0.29, 0.717) is 16.9 Å². The second kappa shape index (κ2) is 9.29. The number of carbonyl (C=O) groups excluding carboxylic acids is 2. The van der Waals surface area contributed by atoms with Gasteiger partial charge in [0.15, 0.2) is 0 Å². The molecule has 0 aromatic heterocycles. The van der Waals surface area contributed by atoms with Gasteiger partial charge in [-0.05, 0) is 57.6 Å². The molecular weight excluding hydrogens is 408 g/mol. The molecule has 0 saturated heterocycles. The first-order chi connectivity index (χ1) is 15.8. The van der Waals surface area contributed by atoms with Crippen LogP contribution in [0.3, 0.4) is 0 Å². The van der Waals surface area contributed by atoms with Gasteiger partial charge in [0.2, 0.25) is 5.91 Å². The fourth-order valence-corrected chi connectivity index (χ4v) is 3.82. The third-order valence-electron chi connectivity index (χ3n) is 5.65. The zero-order valence-corrected chi connectivity index (χ0v) is 19.2. The van der Waals surface area contributed by atoms with E-state index < -0.39 is 0 Å². The smallest absolute Gasteiger partial charge is 0.255 e. The van der Waals surface area contributed by atoms with Crippen LogP contribution in [-0.4, -0.2) is 11.8 Å². The molecule has 0 unspecified atom stereocenters. The van der Waals surface area contributed by atoms with Crippen molar-refractivity contribution < 1.29 is 9.59 Å². The molecule has 33 heavy (non-hydrogen) atoms. The lowest BCUT2D eigenvalue weighted by molar-refractivity contribution is -0.115. The molecule has 166 valence electrons. The normalized spacial score (nSPS) is 11.2. The van der Waals surface area contributed by atoms with E-state index in [1.165, 1.54) is 5.56 Å². The summed E-state index contributed by atoms with van der Waals surface area (Å²) in [5.74, 6) is -0.290. The van der Waals surface area contributed by atoms with Gasteiger partial charge in [-0.25, -0.2) is 0 Å². The number of fused-ring (bicyclic) bond motifs is 1. The van der Waals surface area contributed by atoms with Crippen molar-refractivity contribution in [2.75, 3.05) is 10.6 Å². The lowest BCUT2D eigenvalue weighted by atomic mass is 9.87. The van der Waals surface area contributed by atoms with Crippen molar-refractivity contribution >= 4 is 34.0 Å². The SMILES string of the molecule is CC(C)(C)c1ccc(C(=O)Nc2cccc(NC(=O)Cc3cccc4ccccc34)c2)cc1. The van der Waals surface area contributed by atoms with E-state index >= 15 is 0 Å². The Kier molecular flexibility index (Phi) is 6.27. The van der Waals surface area contributed by atoms with Crippen LogP contribution in [0.4, 0.5) is 11.4 Å². The molecule has 0 aliphatic heterocycles. The summed E-state index contributed by atoms with van der Waals surface area (Å²) in [6, 6.07) is 28.9. The average Bonchev–Trinajstić information content (AvgIpc) is 2.79. The van der Waals surface area contributed by atoms with Crippen molar-refractivity contribution in [1.29, 1.82) is 0 Å². The molecule has 0 bridgehead atoms. The minimum absolute atomic E-state index is 0.0353. The Hall–Kier alpha value is -3.92. The van der Waals surface area contributed by atoms with Crippen LogP contribution in [0.15, 0.2) is 91.0 Å². The molecule has 4 rings (SSSR count). The number of carbonyl (C=O) groups is 2. The number of amides is 2. The maximum atomic E-state index is 12.7. The van der Waals surface area contributed by atoms with Crippen molar-refractivity contribution in [2.24, 2.45) is 0 Å². The van der Waals surface area contributed by atoms with Gasteiger partial charge in [-0.15, -0.1) is 0 Å². The van der Waals surface area contributed by atoms with Crippen LogP contribution in [0.2, 0.25) is 0 Å². The minimum atomic E-state index is -0.185. The van der Waals surface area contributed by atoms with Crippen LogP contribution >= 0.6 is 0 Å². The van der Waals surface area contributed by atoms with E-state index in [1.54, 1.807) is 6.07 Å². The van der Waals surface area contributed by atoms with Crippen molar-refractivity contribution in [3.63, 3.8) is 0 Å². The molecule has 0 spiro atoms. The summed E-state index contributed by atoms with van der Waals surface area (Å²) in [6.45, 7) is 6.42. The predicted molar refractivity (Wildman–Crippen MR) is 136 cm³/mol. The Morgan fingerprint density at radius 1 is 0.727 bits per heavy atom. The van der Waals surface area contributed by atoms with Gasteiger partial charge in [0.25, 0.3) is 5.91 Å². The van der Waals surface area contributed by atoms with Gasteiger partial charge in [0.05, 0.1) is 6.42 Å². The van der Waals surface area contributed by atoms with Crippen LogP contribution in [0.5, 0.6) is 0 Å². The van der Waals surface area contributed by atoms with Crippen molar-refractivity contribution in [3.8, 4) is 0 Å². The Morgan fingerprint density at radius 3 is 2.09 bits per heavy atom. The Morgan fingerprint density at radius 2 is 1.36 bits per heavy atom. The number of hydrogen-bond donors (Lipinski definition) is 2. The van der Waals surface area contributed by atoms with E-state index in [9.17, 15) is 9.59 Å². The van der Waals surface area contributed by atoms with Crippen molar-refractivity contribution in [3.05, 3.63) is 108 Å². The van der Waals surface area contributed by atoms with Gasteiger partial charge in [-0.2, -0.15) is 0 Å². The fourth-order valence-electron chi connectivity index (χ4n) is 3.82. The largest absolute Gasteiger partial charge is 0.326 e. The van der Waals surface area contributed by atoms with Gasteiger partial charge < -0.3 is 10.6 Å². The molecule has 2 N–H and O–H groups in total. The van der Waals surface area contributed by atoms with Crippen LogP contribution in [0, 0.1) is 0 Å². The lowest BCUT2D eigenvalue weighted by Crippen LogP contribution is -2.16. The summed E-state index contributed by atoms with van der Waals surface area (Å²) in [7, 11) is 0. The molecule has 4 nitrogen and oxygen atoms in total. The standard InChI is InChI=1S/C29H28N2O2/c1-29(2,3)23-16-14-21(15-17-23)28(33)31-25-12-7-11-24(19-25)30-27(32)18-22-10-6-9-20-8-4-5-13-26(20)22/h4-17,19H,18H2,1-3H3,(H,30,32)(H,31,33). The number of hydrogen-bond acceptors (Lipinski definition) is 2. The fraction of sp³-hybridized carbons (Fsp3) is 0.172. The summed E-state index contributed by atoms with van der Waals surface area (Å²) in [5, 5.41) is 8.05. The van der Waals surface area contributed by atoms with Crippen LogP contribution in [0.25, 0.3) is 10.8 Å². The van der Waals surface area contributed by atoms with Crippen LogP contribution in [0.1, 0.15) is 42.3 Å². The van der Waals surface area contributed by atoms with Gasteiger partial charge in [0, 0.05) is 16.9 Å². The third kappa shape index (κ3) is 5.47. The first-order valence-electron chi connectivity index (χ1n) is 11.1. The number of rotatable bonds is 5. The van der Waals surface area contributed by atoms with Crippen LogP contribution < -0.4 is 10.6 Å². The molecule has 0 heterocycles. The zero-order valence-electron chi connectivity index (χ0n) is 19.2. The molecular formula is C29H28N2O2. The zero-order chi connectivity index (χ0) is 23.4. The molecule has 2 amide bonds. The summed E-state index contributed by atoms with van der Waals surface area (Å²) in [5.41, 5.74) is 4.05. The second-order valence-electron chi connectivity index (χ2n) is 9.23. The molecule has 0 atom stereocenters. The summed E-state index contributed by atoms with van der Waals surface area (Å²) < 4.78 is 0. The maximum Gasteiger partial charge on any atom is 0.255 e. The Bertz CT molecular complexity index is 1300. The van der Waals surface area contributed by atoms with Gasteiger partial charge >= 0.3 is 0 Å². The maximum absolute atomic E-state index is 12.7. The third-order valence-corrected chi connectivity index (χ3v) is 5.65. The Balaban J connectivity index is 1.42. The van der Waals surface area contributed by atoms with E-state index in [0.717, 1.165) is 16.3 Å². The summed E-state index contributed by atoms with van der Waals surface area (Å²) >= 11 is 0. The number of anilines is 2. The molecule has 4 aromatic carbocycles. The number of benzene rings is 4.